The molecule has 0 fully saturated rings. The number of carbonyl (C=O) groups excluding carboxylic acids is 1. The van der Waals surface area contributed by atoms with Gasteiger partial charge in [0.05, 0.1) is 5.56 Å². The fourth-order valence-electron chi connectivity index (χ4n) is 2.89. The molecule has 0 atom stereocenters. The van der Waals surface area contributed by atoms with E-state index in [9.17, 15) is 9.18 Å². The van der Waals surface area contributed by atoms with Gasteiger partial charge in [-0.05, 0) is 70.2 Å². The minimum Gasteiger partial charge on any atom is -0.352 e. The first-order valence-corrected chi connectivity index (χ1v) is 9.23. The van der Waals surface area contributed by atoms with Gasteiger partial charge in [-0.15, -0.1) is 11.8 Å². The largest absolute Gasteiger partial charge is 0.352 e. The van der Waals surface area contributed by atoms with Crippen LogP contribution >= 0.6 is 11.8 Å². The molecule has 1 heterocycles. The SMILES string of the molecule is Cc1cc(C(=O)NCCCSc2ccc(F)cc2)c(C)n1C(C)C. The monoisotopic (exact) mass is 348 g/mol. The Morgan fingerprint density at radius 2 is 1.92 bits per heavy atom. The molecule has 130 valence electrons. The minimum atomic E-state index is -0.217. The third-order valence-corrected chi connectivity index (χ3v) is 5.03. The Bertz CT molecular complexity index is 692. The third-order valence-electron chi connectivity index (χ3n) is 3.93. The van der Waals surface area contributed by atoms with Crippen molar-refractivity contribution in [3.05, 3.63) is 53.1 Å². The molecule has 24 heavy (non-hydrogen) atoms. The summed E-state index contributed by atoms with van der Waals surface area (Å²) >= 11 is 1.67. The number of aryl methyl sites for hydroxylation is 1. The van der Waals surface area contributed by atoms with Crippen LogP contribution in [-0.2, 0) is 0 Å². The van der Waals surface area contributed by atoms with E-state index in [0.717, 1.165) is 34.0 Å². The summed E-state index contributed by atoms with van der Waals surface area (Å²) in [6, 6.07) is 8.79. The fourth-order valence-corrected chi connectivity index (χ4v) is 3.74. The first-order valence-electron chi connectivity index (χ1n) is 8.25. The second-order valence-corrected chi connectivity index (χ2v) is 7.33. The molecule has 0 bridgehead atoms. The molecule has 0 aliphatic heterocycles. The molecule has 1 aromatic heterocycles. The number of nitrogens with one attached hydrogen (secondary N) is 1. The predicted octanol–water partition coefficient (Wildman–Crippen LogP) is 4.74. The van der Waals surface area contributed by atoms with E-state index in [4.69, 9.17) is 0 Å². The molecule has 0 saturated carbocycles. The number of benzene rings is 1. The van der Waals surface area contributed by atoms with Crippen LogP contribution < -0.4 is 5.32 Å². The highest BCUT2D eigenvalue weighted by molar-refractivity contribution is 7.99. The molecule has 0 spiro atoms. The normalized spacial score (nSPS) is 11.1. The van der Waals surface area contributed by atoms with Crippen LogP contribution in [0.2, 0.25) is 0 Å². The Hall–Kier alpha value is -1.75. The summed E-state index contributed by atoms with van der Waals surface area (Å²) in [7, 11) is 0. The number of aromatic nitrogens is 1. The molecule has 0 unspecified atom stereocenters. The van der Waals surface area contributed by atoms with Crippen LogP contribution in [0.1, 0.15) is 48.1 Å². The molecule has 1 N–H and O–H groups in total. The first kappa shape index (κ1) is 18.6. The van der Waals surface area contributed by atoms with Gasteiger partial charge in [-0.3, -0.25) is 4.79 Å². The van der Waals surface area contributed by atoms with Crippen LogP contribution in [-0.4, -0.2) is 22.8 Å². The lowest BCUT2D eigenvalue weighted by atomic mass is 10.2. The molecule has 5 heteroatoms. The van der Waals surface area contributed by atoms with Crippen molar-refractivity contribution in [2.75, 3.05) is 12.3 Å². The zero-order chi connectivity index (χ0) is 17.7. The number of thioether (sulfide) groups is 1. The maximum absolute atomic E-state index is 12.8. The van der Waals surface area contributed by atoms with E-state index in [1.165, 1.54) is 12.1 Å². The van der Waals surface area contributed by atoms with E-state index >= 15 is 0 Å². The second kappa shape index (κ2) is 8.38. The highest BCUT2D eigenvalue weighted by Gasteiger charge is 2.16. The molecule has 1 amide bonds. The minimum absolute atomic E-state index is 0.0122. The van der Waals surface area contributed by atoms with Gasteiger partial charge in [-0.25, -0.2) is 4.39 Å². The molecular weight excluding hydrogens is 323 g/mol. The Balaban J connectivity index is 1.79. The van der Waals surface area contributed by atoms with Crippen LogP contribution in [0.4, 0.5) is 4.39 Å². The van der Waals surface area contributed by atoms with Gasteiger partial charge in [0, 0.05) is 28.9 Å². The van der Waals surface area contributed by atoms with E-state index < -0.39 is 0 Å². The van der Waals surface area contributed by atoms with Crippen molar-refractivity contribution in [2.24, 2.45) is 0 Å². The molecule has 0 aliphatic rings. The number of halogens is 1. The average molecular weight is 348 g/mol. The standard InChI is InChI=1S/C19H25FN2OS/c1-13(2)22-14(3)12-18(15(22)4)19(23)21-10-5-11-24-17-8-6-16(20)7-9-17/h6-9,12-13H,5,10-11H2,1-4H3,(H,21,23). The zero-order valence-corrected chi connectivity index (χ0v) is 15.5. The lowest BCUT2D eigenvalue weighted by Crippen LogP contribution is -2.25. The highest BCUT2D eigenvalue weighted by atomic mass is 32.2. The quantitative estimate of drug-likeness (QED) is 0.579. The van der Waals surface area contributed by atoms with Gasteiger partial charge in [-0.2, -0.15) is 0 Å². The number of rotatable bonds is 7. The summed E-state index contributed by atoms with van der Waals surface area (Å²) < 4.78 is 15.0. The van der Waals surface area contributed by atoms with E-state index in [1.807, 2.05) is 19.9 Å². The van der Waals surface area contributed by atoms with Gasteiger partial charge < -0.3 is 9.88 Å². The number of hydrogen-bond acceptors (Lipinski definition) is 2. The summed E-state index contributed by atoms with van der Waals surface area (Å²) in [6.45, 7) is 8.90. The summed E-state index contributed by atoms with van der Waals surface area (Å²) in [5.74, 6) is 0.657. The van der Waals surface area contributed by atoms with Crippen molar-refractivity contribution in [1.29, 1.82) is 0 Å². The lowest BCUT2D eigenvalue weighted by molar-refractivity contribution is 0.0953. The molecule has 3 nitrogen and oxygen atoms in total. The summed E-state index contributed by atoms with van der Waals surface area (Å²) in [5.41, 5.74) is 2.88. The average Bonchev–Trinajstić information content (AvgIpc) is 2.83. The lowest BCUT2D eigenvalue weighted by Gasteiger charge is -2.13. The smallest absolute Gasteiger partial charge is 0.253 e. The molecule has 0 aliphatic carbocycles. The number of nitrogens with zero attached hydrogens (tertiary/aromatic N) is 1. The molecular formula is C19H25FN2OS. The maximum atomic E-state index is 12.8. The van der Waals surface area contributed by atoms with Crippen LogP contribution in [0.3, 0.4) is 0 Å². The molecule has 0 radical (unpaired) electrons. The first-order chi connectivity index (χ1) is 11.4. The summed E-state index contributed by atoms with van der Waals surface area (Å²) in [5, 5.41) is 2.99. The second-order valence-electron chi connectivity index (χ2n) is 6.16. The van der Waals surface area contributed by atoms with E-state index in [-0.39, 0.29) is 11.7 Å². The number of amides is 1. The van der Waals surface area contributed by atoms with Crippen LogP contribution in [0, 0.1) is 19.7 Å². The van der Waals surface area contributed by atoms with Gasteiger partial charge in [0.15, 0.2) is 0 Å². The van der Waals surface area contributed by atoms with Gasteiger partial charge in [0.2, 0.25) is 0 Å². The Labute approximate surface area is 147 Å². The van der Waals surface area contributed by atoms with Gasteiger partial charge in [0.25, 0.3) is 5.91 Å². The summed E-state index contributed by atoms with van der Waals surface area (Å²) in [6.07, 6.45) is 0.872. The zero-order valence-electron chi connectivity index (χ0n) is 14.7. The topological polar surface area (TPSA) is 34.0 Å². The Morgan fingerprint density at radius 3 is 2.50 bits per heavy atom. The van der Waals surface area contributed by atoms with Gasteiger partial charge in [-0.1, -0.05) is 0 Å². The van der Waals surface area contributed by atoms with Crippen molar-refractivity contribution in [3.8, 4) is 0 Å². The molecule has 0 saturated heterocycles. The highest BCUT2D eigenvalue weighted by Crippen LogP contribution is 2.20. The third kappa shape index (κ3) is 4.63. The fraction of sp³-hybridized carbons (Fsp3) is 0.421. The number of carbonyl (C=O) groups is 1. The molecule has 2 aromatic rings. The van der Waals surface area contributed by atoms with Gasteiger partial charge in [0.1, 0.15) is 5.82 Å². The van der Waals surface area contributed by atoms with Crippen LogP contribution in [0.25, 0.3) is 0 Å². The van der Waals surface area contributed by atoms with Crippen molar-refractivity contribution in [1.82, 2.24) is 9.88 Å². The van der Waals surface area contributed by atoms with Crippen molar-refractivity contribution >= 4 is 17.7 Å². The molecule has 2 rings (SSSR count). The van der Waals surface area contributed by atoms with Crippen molar-refractivity contribution < 1.29 is 9.18 Å². The Morgan fingerprint density at radius 1 is 1.25 bits per heavy atom. The van der Waals surface area contributed by atoms with E-state index in [2.05, 4.69) is 23.7 Å². The predicted molar refractivity (Wildman–Crippen MR) is 98.4 cm³/mol. The number of hydrogen-bond donors (Lipinski definition) is 1. The van der Waals surface area contributed by atoms with Crippen LogP contribution in [0.5, 0.6) is 0 Å². The van der Waals surface area contributed by atoms with Crippen molar-refractivity contribution in [2.45, 2.75) is 45.1 Å². The van der Waals surface area contributed by atoms with E-state index in [1.54, 1.807) is 23.9 Å². The molecule has 1 aromatic carbocycles. The Kier molecular flexibility index (Phi) is 6.49. The van der Waals surface area contributed by atoms with Crippen LogP contribution in [0.15, 0.2) is 35.2 Å². The van der Waals surface area contributed by atoms with Gasteiger partial charge >= 0.3 is 0 Å². The van der Waals surface area contributed by atoms with E-state index in [0.29, 0.717) is 12.6 Å². The van der Waals surface area contributed by atoms with Crippen molar-refractivity contribution in [3.63, 3.8) is 0 Å². The summed E-state index contributed by atoms with van der Waals surface area (Å²) in [4.78, 5) is 13.4. The maximum Gasteiger partial charge on any atom is 0.253 e.